The SMILES string of the molecule is Cc1cc(C(=O)CSc2nnc(-c3cccnc3)n2C)c(C)n1C1CC1. The summed E-state index contributed by atoms with van der Waals surface area (Å²) >= 11 is 1.42. The molecule has 6 nitrogen and oxygen atoms in total. The molecule has 1 saturated carbocycles. The van der Waals surface area contributed by atoms with Crippen LogP contribution in [0.2, 0.25) is 0 Å². The Bertz CT molecular complexity index is 956. The average molecular weight is 367 g/mol. The number of ketones is 1. The third-order valence-electron chi connectivity index (χ3n) is 4.78. The molecule has 0 aromatic carbocycles. The number of carbonyl (C=O) groups excluding carboxylic acids is 1. The number of carbonyl (C=O) groups is 1. The van der Waals surface area contributed by atoms with Gasteiger partial charge in [0.15, 0.2) is 16.8 Å². The molecule has 0 radical (unpaired) electrons. The lowest BCUT2D eigenvalue weighted by atomic mass is 10.2. The molecule has 1 fully saturated rings. The molecule has 3 aromatic rings. The second kappa shape index (κ2) is 6.72. The fraction of sp³-hybridized carbons (Fsp3) is 0.368. The summed E-state index contributed by atoms with van der Waals surface area (Å²) in [6.07, 6.45) is 5.92. The lowest BCUT2D eigenvalue weighted by molar-refractivity contribution is 0.102. The van der Waals surface area contributed by atoms with Crippen molar-refractivity contribution in [2.24, 2.45) is 7.05 Å². The Balaban J connectivity index is 1.49. The van der Waals surface area contributed by atoms with Gasteiger partial charge in [-0.2, -0.15) is 0 Å². The highest BCUT2D eigenvalue weighted by Crippen LogP contribution is 2.38. The molecule has 0 bridgehead atoms. The molecule has 0 amide bonds. The molecule has 0 saturated heterocycles. The van der Waals surface area contributed by atoms with Crippen molar-refractivity contribution in [2.75, 3.05) is 5.75 Å². The molecule has 3 aromatic heterocycles. The van der Waals surface area contributed by atoms with E-state index in [-0.39, 0.29) is 5.78 Å². The number of nitrogens with zero attached hydrogens (tertiary/aromatic N) is 5. The van der Waals surface area contributed by atoms with Crippen molar-refractivity contribution in [2.45, 2.75) is 37.9 Å². The van der Waals surface area contributed by atoms with Crippen LogP contribution in [-0.2, 0) is 7.05 Å². The number of hydrogen-bond donors (Lipinski definition) is 0. The summed E-state index contributed by atoms with van der Waals surface area (Å²) in [5.41, 5.74) is 4.01. The van der Waals surface area contributed by atoms with Crippen LogP contribution in [0.15, 0.2) is 35.7 Å². The second-order valence-electron chi connectivity index (χ2n) is 6.70. The van der Waals surface area contributed by atoms with E-state index < -0.39 is 0 Å². The van der Waals surface area contributed by atoms with Crippen LogP contribution in [0.4, 0.5) is 0 Å². The van der Waals surface area contributed by atoms with E-state index in [1.165, 1.54) is 30.3 Å². The Kier molecular flexibility index (Phi) is 4.40. The molecule has 134 valence electrons. The van der Waals surface area contributed by atoms with Crippen molar-refractivity contribution in [3.05, 3.63) is 47.5 Å². The lowest BCUT2D eigenvalue weighted by Crippen LogP contribution is -2.06. The van der Waals surface area contributed by atoms with Crippen molar-refractivity contribution >= 4 is 17.5 Å². The molecule has 0 N–H and O–H groups in total. The Morgan fingerprint density at radius 3 is 2.81 bits per heavy atom. The number of pyridine rings is 1. The largest absolute Gasteiger partial charge is 0.345 e. The second-order valence-corrected chi connectivity index (χ2v) is 7.65. The van der Waals surface area contributed by atoms with Crippen LogP contribution in [0.1, 0.15) is 40.6 Å². The highest BCUT2D eigenvalue weighted by atomic mass is 32.2. The summed E-state index contributed by atoms with van der Waals surface area (Å²) in [6, 6.07) is 6.43. The molecule has 0 unspecified atom stereocenters. The first-order valence-electron chi connectivity index (χ1n) is 8.70. The van der Waals surface area contributed by atoms with E-state index in [9.17, 15) is 4.79 Å². The summed E-state index contributed by atoms with van der Waals surface area (Å²) in [7, 11) is 1.91. The van der Waals surface area contributed by atoms with E-state index in [0.717, 1.165) is 27.8 Å². The van der Waals surface area contributed by atoms with Gasteiger partial charge in [-0.25, -0.2) is 0 Å². The Morgan fingerprint density at radius 2 is 2.12 bits per heavy atom. The highest BCUT2D eigenvalue weighted by Gasteiger charge is 2.28. The van der Waals surface area contributed by atoms with Crippen molar-refractivity contribution in [1.82, 2.24) is 24.3 Å². The zero-order valence-corrected chi connectivity index (χ0v) is 16.0. The number of rotatable bonds is 6. The van der Waals surface area contributed by atoms with E-state index in [2.05, 4.69) is 26.7 Å². The molecule has 1 aliphatic carbocycles. The Morgan fingerprint density at radius 1 is 1.31 bits per heavy atom. The molecule has 0 spiro atoms. The minimum atomic E-state index is 0.140. The van der Waals surface area contributed by atoms with Crippen LogP contribution < -0.4 is 0 Å². The van der Waals surface area contributed by atoms with Gasteiger partial charge in [-0.3, -0.25) is 9.78 Å². The maximum atomic E-state index is 12.7. The first-order valence-corrected chi connectivity index (χ1v) is 9.69. The van der Waals surface area contributed by atoms with Crippen LogP contribution in [0, 0.1) is 13.8 Å². The Labute approximate surface area is 156 Å². The average Bonchev–Trinajstić information content (AvgIpc) is 3.34. The minimum Gasteiger partial charge on any atom is -0.345 e. The van der Waals surface area contributed by atoms with Crippen molar-refractivity contribution < 1.29 is 4.79 Å². The molecule has 0 atom stereocenters. The van der Waals surface area contributed by atoms with Crippen molar-refractivity contribution in [3.63, 3.8) is 0 Å². The number of hydrogen-bond acceptors (Lipinski definition) is 5. The molecule has 3 heterocycles. The van der Waals surface area contributed by atoms with Gasteiger partial charge in [0.2, 0.25) is 0 Å². The zero-order chi connectivity index (χ0) is 18.3. The zero-order valence-electron chi connectivity index (χ0n) is 15.1. The van der Waals surface area contributed by atoms with Gasteiger partial charge in [-0.1, -0.05) is 11.8 Å². The predicted molar refractivity (Wildman–Crippen MR) is 101 cm³/mol. The first kappa shape index (κ1) is 17.0. The summed E-state index contributed by atoms with van der Waals surface area (Å²) in [6.45, 7) is 4.13. The molecular weight excluding hydrogens is 346 g/mol. The monoisotopic (exact) mass is 367 g/mol. The van der Waals surface area contributed by atoms with E-state index in [1.807, 2.05) is 36.7 Å². The summed E-state index contributed by atoms with van der Waals surface area (Å²) < 4.78 is 4.21. The van der Waals surface area contributed by atoms with Gasteiger partial charge in [0.1, 0.15) is 0 Å². The molecule has 1 aliphatic rings. The van der Waals surface area contributed by atoms with Gasteiger partial charge in [0, 0.05) is 48.0 Å². The summed E-state index contributed by atoms with van der Waals surface area (Å²) in [4.78, 5) is 16.9. The maximum Gasteiger partial charge on any atom is 0.191 e. The predicted octanol–water partition coefficient (Wildman–Crippen LogP) is 3.61. The first-order chi connectivity index (χ1) is 12.6. The minimum absolute atomic E-state index is 0.140. The van der Waals surface area contributed by atoms with Crippen LogP contribution >= 0.6 is 11.8 Å². The van der Waals surface area contributed by atoms with Crippen LogP contribution in [0.5, 0.6) is 0 Å². The molecule has 7 heteroatoms. The van der Waals surface area contributed by atoms with Crippen LogP contribution in [0.3, 0.4) is 0 Å². The number of aromatic nitrogens is 5. The molecule has 26 heavy (non-hydrogen) atoms. The third-order valence-corrected chi connectivity index (χ3v) is 5.80. The third kappa shape index (κ3) is 3.07. The van der Waals surface area contributed by atoms with Gasteiger partial charge >= 0.3 is 0 Å². The van der Waals surface area contributed by atoms with E-state index >= 15 is 0 Å². The maximum absolute atomic E-state index is 12.7. The topological polar surface area (TPSA) is 65.6 Å². The summed E-state index contributed by atoms with van der Waals surface area (Å²) in [5.74, 6) is 1.24. The molecule has 0 aliphatic heterocycles. The van der Waals surface area contributed by atoms with Crippen LogP contribution in [-0.4, -0.2) is 35.9 Å². The standard InChI is InChI=1S/C19H21N5OS/c1-12-9-16(13(2)24(12)15-6-7-15)17(25)11-26-19-22-21-18(23(19)3)14-5-4-8-20-10-14/h4-5,8-10,15H,6-7,11H2,1-3H3. The van der Waals surface area contributed by atoms with Gasteiger partial charge in [0.25, 0.3) is 0 Å². The highest BCUT2D eigenvalue weighted by molar-refractivity contribution is 7.99. The lowest BCUT2D eigenvalue weighted by Gasteiger charge is -2.07. The van der Waals surface area contributed by atoms with E-state index in [0.29, 0.717) is 11.8 Å². The fourth-order valence-electron chi connectivity index (χ4n) is 3.35. The van der Waals surface area contributed by atoms with E-state index in [4.69, 9.17) is 0 Å². The van der Waals surface area contributed by atoms with E-state index in [1.54, 1.807) is 12.4 Å². The number of aryl methyl sites for hydroxylation is 1. The van der Waals surface area contributed by atoms with Crippen LogP contribution in [0.25, 0.3) is 11.4 Å². The van der Waals surface area contributed by atoms with Gasteiger partial charge in [-0.05, 0) is 44.9 Å². The normalized spacial score (nSPS) is 14.0. The van der Waals surface area contributed by atoms with Crippen molar-refractivity contribution in [3.8, 4) is 11.4 Å². The molecule has 4 rings (SSSR count). The van der Waals surface area contributed by atoms with Gasteiger partial charge in [-0.15, -0.1) is 10.2 Å². The Hall–Kier alpha value is -2.41. The van der Waals surface area contributed by atoms with Gasteiger partial charge < -0.3 is 9.13 Å². The fourth-order valence-corrected chi connectivity index (χ4v) is 4.14. The number of Topliss-reactive ketones (excluding diaryl/α,β-unsaturated/α-hetero) is 1. The summed E-state index contributed by atoms with van der Waals surface area (Å²) in [5, 5.41) is 9.20. The smallest absolute Gasteiger partial charge is 0.191 e. The quantitative estimate of drug-likeness (QED) is 0.492. The van der Waals surface area contributed by atoms with Crippen molar-refractivity contribution in [1.29, 1.82) is 0 Å². The number of thioether (sulfide) groups is 1. The van der Waals surface area contributed by atoms with Gasteiger partial charge in [0.05, 0.1) is 5.75 Å². The molecular formula is C19H21N5OS.